The van der Waals surface area contributed by atoms with Gasteiger partial charge >= 0.3 is 29.6 Å². The van der Waals surface area contributed by atoms with E-state index >= 15 is 0 Å². The van der Waals surface area contributed by atoms with Gasteiger partial charge in [0.05, 0.1) is 0 Å². The van der Waals surface area contributed by atoms with E-state index in [9.17, 15) is 0 Å². The Bertz CT molecular complexity index is 29.3. The molecule has 0 aliphatic rings. The van der Waals surface area contributed by atoms with Gasteiger partial charge in [0.25, 0.3) is 0 Å². The SMILES string of the molecule is C=CCCC.[H-].[Na+]. The maximum Gasteiger partial charge on any atom is 1.00 e. The van der Waals surface area contributed by atoms with Gasteiger partial charge in [0.1, 0.15) is 0 Å². The maximum absolute atomic E-state index is 3.55. The molecular formula is C5H11Na. The Balaban J connectivity index is -0.0000000800. The van der Waals surface area contributed by atoms with Crippen molar-refractivity contribution in [2.45, 2.75) is 19.8 Å². The molecule has 0 N–H and O–H groups in total. The van der Waals surface area contributed by atoms with Crippen LogP contribution in [0.1, 0.15) is 21.2 Å². The third-order valence-electron chi connectivity index (χ3n) is 0.493. The Morgan fingerprint density at radius 1 is 1.83 bits per heavy atom. The second-order valence-corrected chi connectivity index (χ2v) is 1.08. The van der Waals surface area contributed by atoms with Crippen molar-refractivity contribution in [2.24, 2.45) is 0 Å². The number of hydrogen-bond acceptors (Lipinski definition) is 0. The van der Waals surface area contributed by atoms with Crippen LogP contribution in [0.5, 0.6) is 0 Å². The summed E-state index contributed by atoms with van der Waals surface area (Å²) >= 11 is 0. The molecule has 0 atom stereocenters. The van der Waals surface area contributed by atoms with Gasteiger partial charge in [-0.25, -0.2) is 0 Å². The van der Waals surface area contributed by atoms with Gasteiger partial charge in [-0.05, 0) is 6.42 Å². The number of rotatable bonds is 2. The Labute approximate surface area is 63.4 Å². The molecule has 0 aromatic carbocycles. The average molecular weight is 94.1 g/mol. The van der Waals surface area contributed by atoms with E-state index in [1.165, 1.54) is 6.42 Å². The van der Waals surface area contributed by atoms with Crippen LogP contribution in [0, 0.1) is 0 Å². The van der Waals surface area contributed by atoms with Crippen molar-refractivity contribution in [1.82, 2.24) is 0 Å². The summed E-state index contributed by atoms with van der Waals surface area (Å²) in [5, 5.41) is 0. The van der Waals surface area contributed by atoms with Crippen LogP contribution < -0.4 is 29.6 Å². The molecule has 0 unspecified atom stereocenters. The molecule has 0 saturated heterocycles. The molecule has 1 heteroatoms. The Hall–Kier alpha value is 0.740. The largest absolute Gasteiger partial charge is 1.00 e. The van der Waals surface area contributed by atoms with Crippen molar-refractivity contribution in [2.75, 3.05) is 0 Å². The maximum atomic E-state index is 3.55. The van der Waals surface area contributed by atoms with Crippen LogP contribution in [-0.4, -0.2) is 0 Å². The van der Waals surface area contributed by atoms with Gasteiger partial charge in [-0.3, -0.25) is 0 Å². The molecule has 0 amide bonds. The van der Waals surface area contributed by atoms with E-state index in [0.717, 1.165) is 6.42 Å². The Morgan fingerprint density at radius 2 is 2.33 bits per heavy atom. The second kappa shape index (κ2) is 9.22. The van der Waals surface area contributed by atoms with Crippen LogP contribution in [0.2, 0.25) is 0 Å². The number of unbranched alkanes of at least 4 members (excludes halogenated alkanes) is 1. The van der Waals surface area contributed by atoms with Gasteiger partial charge in [0.2, 0.25) is 0 Å². The van der Waals surface area contributed by atoms with Gasteiger partial charge < -0.3 is 1.43 Å². The smallest absolute Gasteiger partial charge is 1.00 e. The molecule has 0 aliphatic heterocycles. The zero-order valence-corrected chi connectivity index (χ0v) is 6.70. The molecule has 32 valence electrons. The van der Waals surface area contributed by atoms with Crippen LogP contribution in [0.4, 0.5) is 0 Å². The first-order valence-electron chi connectivity index (χ1n) is 2.02. The summed E-state index contributed by atoms with van der Waals surface area (Å²) in [5.74, 6) is 0. The fourth-order valence-corrected chi connectivity index (χ4v) is 0.204. The first-order valence-corrected chi connectivity index (χ1v) is 2.02. The first kappa shape index (κ1) is 9.88. The van der Waals surface area contributed by atoms with E-state index < -0.39 is 0 Å². The van der Waals surface area contributed by atoms with E-state index in [4.69, 9.17) is 0 Å². The van der Waals surface area contributed by atoms with E-state index in [-0.39, 0.29) is 31.0 Å². The predicted molar refractivity (Wildman–Crippen MR) is 26.2 cm³/mol. The summed E-state index contributed by atoms with van der Waals surface area (Å²) < 4.78 is 0. The summed E-state index contributed by atoms with van der Waals surface area (Å²) in [5.41, 5.74) is 0. The van der Waals surface area contributed by atoms with E-state index in [1.54, 1.807) is 0 Å². The zero-order valence-electron chi connectivity index (χ0n) is 5.70. The summed E-state index contributed by atoms with van der Waals surface area (Å²) in [6.45, 7) is 5.69. The molecule has 0 aromatic rings. The van der Waals surface area contributed by atoms with Gasteiger partial charge in [0, 0.05) is 0 Å². The predicted octanol–water partition coefficient (Wildman–Crippen LogP) is -0.911. The van der Waals surface area contributed by atoms with Crippen LogP contribution >= 0.6 is 0 Å². The molecule has 0 radical (unpaired) electrons. The fourth-order valence-electron chi connectivity index (χ4n) is 0.204. The van der Waals surface area contributed by atoms with Crippen molar-refractivity contribution in [3.05, 3.63) is 12.7 Å². The fraction of sp³-hybridized carbons (Fsp3) is 0.600. The monoisotopic (exact) mass is 94.1 g/mol. The molecule has 0 heterocycles. The van der Waals surface area contributed by atoms with E-state index in [2.05, 4.69) is 13.5 Å². The van der Waals surface area contributed by atoms with Crippen LogP contribution in [0.3, 0.4) is 0 Å². The van der Waals surface area contributed by atoms with Crippen LogP contribution in [0.25, 0.3) is 0 Å². The number of hydrogen-bond donors (Lipinski definition) is 0. The van der Waals surface area contributed by atoms with Gasteiger partial charge in [-0.2, -0.15) is 0 Å². The summed E-state index contributed by atoms with van der Waals surface area (Å²) in [6, 6.07) is 0. The van der Waals surface area contributed by atoms with Gasteiger partial charge in [0.15, 0.2) is 0 Å². The molecule has 6 heavy (non-hydrogen) atoms. The zero-order chi connectivity index (χ0) is 4.12. The minimum Gasteiger partial charge on any atom is -1.00 e. The molecule has 0 rings (SSSR count). The quantitative estimate of drug-likeness (QED) is 0.307. The molecule has 0 aliphatic carbocycles. The van der Waals surface area contributed by atoms with Gasteiger partial charge in [-0.1, -0.05) is 19.4 Å². The molecule has 0 fully saturated rings. The summed E-state index contributed by atoms with van der Waals surface area (Å²) in [7, 11) is 0. The van der Waals surface area contributed by atoms with Crippen LogP contribution in [-0.2, 0) is 0 Å². The van der Waals surface area contributed by atoms with E-state index in [1.807, 2.05) is 6.08 Å². The number of allylic oxidation sites excluding steroid dienone is 1. The second-order valence-electron chi connectivity index (χ2n) is 1.08. The minimum atomic E-state index is 0. The molecule has 0 aromatic heterocycles. The van der Waals surface area contributed by atoms with Crippen LogP contribution in [0.15, 0.2) is 12.7 Å². The third kappa shape index (κ3) is 8.83. The first-order chi connectivity index (χ1) is 2.41. The third-order valence-corrected chi connectivity index (χ3v) is 0.493. The topological polar surface area (TPSA) is 0 Å². The summed E-state index contributed by atoms with van der Waals surface area (Å²) in [6.07, 6.45) is 4.31. The summed E-state index contributed by atoms with van der Waals surface area (Å²) in [4.78, 5) is 0. The molecule has 0 nitrogen and oxygen atoms in total. The molecule has 0 bridgehead atoms. The van der Waals surface area contributed by atoms with Gasteiger partial charge in [-0.15, -0.1) is 6.58 Å². The van der Waals surface area contributed by atoms with Crippen molar-refractivity contribution in [1.29, 1.82) is 0 Å². The van der Waals surface area contributed by atoms with E-state index in [0.29, 0.717) is 0 Å². The molecule has 0 spiro atoms. The molecule has 0 saturated carbocycles. The average Bonchev–Trinajstić information content (AvgIpc) is 1.41. The van der Waals surface area contributed by atoms with Crippen molar-refractivity contribution < 1.29 is 31.0 Å². The van der Waals surface area contributed by atoms with Crippen molar-refractivity contribution in [3.8, 4) is 0 Å². The Kier molecular flexibility index (Phi) is 15.2. The molecular weight excluding hydrogens is 83.0 g/mol. The normalized spacial score (nSPS) is 6.17. The minimum absolute atomic E-state index is 0. The standard InChI is InChI=1S/C5H10.Na.H/c1-3-5-4-2;;/h3H,1,4-5H2,2H3;;/q;+1;-1. The Morgan fingerprint density at radius 3 is 2.33 bits per heavy atom. The van der Waals surface area contributed by atoms with Crippen molar-refractivity contribution >= 4 is 0 Å². The van der Waals surface area contributed by atoms with Crippen molar-refractivity contribution in [3.63, 3.8) is 0 Å².